The lowest BCUT2D eigenvalue weighted by Gasteiger charge is -2.23. The molecular weight excluding hydrogens is 372 g/mol. The van der Waals surface area contributed by atoms with E-state index in [1.807, 2.05) is 24.6 Å². The van der Waals surface area contributed by atoms with E-state index in [-0.39, 0.29) is 5.91 Å². The second kappa shape index (κ2) is 10.1. The molecule has 0 saturated carbocycles. The molecule has 5 heteroatoms. The third kappa shape index (κ3) is 5.29. The Balaban J connectivity index is 1.56. The molecule has 0 spiro atoms. The summed E-state index contributed by atoms with van der Waals surface area (Å²) in [6.45, 7) is 11.3. The van der Waals surface area contributed by atoms with E-state index in [4.69, 9.17) is 0 Å². The maximum Gasteiger partial charge on any atom is 0.255 e. The number of aromatic nitrogens is 2. The van der Waals surface area contributed by atoms with E-state index >= 15 is 0 Å². The minimum Gasteiger partial charge on any atom is -0.372 e. The van der Waals surface area contributed by atoms with Gasteiger partial charge in [-0.3, -0.25) is 9.48 Å². The number of nitrogens with zero attached hydrogens (tertiary/aromatic N) is 3. The van der Waals surface area contributed by atoms with Gasteiger partial charge in [0, 0.05) is 31.0 Å². The monoisotopic (exact) mass is 404 g/mol. The van der Waals surface area contributed by atoms with Crippen molar-refractivity contribution < 1.29 is 4.79 Å². The van der Waals surface area contributed by atoms with Crippen LogP contribution in [0.25, 0.3) is 0 Å². The lowest BCUT2D eigenvalue weighted by Crippen LogP contribution is -2.30. The molecule has 0 aliphatic carbocycles. The van der Waals surface area contributed by atoms with Crippen molar-refractivity contribution in [2.75, 3.05) is 24.5 Å². The van der Waals surface area contributed by atoms with E-state index in [9.17, 15) is 4.79 Å². The summed E-state index contributed by atoms with van der Waals surface area (Å²) in [5, 5.41) is 7.68. The largest absolute Gasteiger partial charge is 0.372 e. The zero-order chi connectivity index (χ0) is 21.5. The van der Waals surface area contributed by atoms with Crippen LogP contribution >= 0.6 is 0 Å². The van der Waals surface area contributed by atoms with Crippen LogP contribution in [-0.4, -0.2) is 35.3 Å². The van der Waals surface area contributed by atoms with Gasteiger partial charge in [-0.05, 0) is 51.8 Å². The molecule has 0 saturated heterocycles. The Labute approximate surface area is 179 Å². The number of para-hydroxylation sites is 1. The third-order valence-electron chi connectivity index (χ3n) is 5.45. The normalized spacial score (nSPS) is 10.8. The van der Waals surface area contributed by atoms with Crippen LogP contribution in [0.5, 0.6) is 0 Å². The Morgan fingerprint density at radius 3 is 2.40 bits per heavy atom. The van der Waals surface area contributed by atoms with Crippen LogP contribution in [0, 0.1) is 20.8 Å². The van der Waals surface area contributed by atoms with Crippen LogP contribution in [-0.2, 0) is 6.54 Å². The molecule has 3 aromatic rings. The summed E-state index contributed by atoms with van der Waals surface area (Å²) in [4.78, 5) is 15.1. The number of hydrogen-bond donors (Lipinski definition) is 1. The van der Waals surface area contributed by atoms with E-state index in [1.54, 1.807) is 0 Å². The average molecular weight is 405 g/mol. The molecule has 0 fully saturated rings. The number of nitrogens with one attached hydrogen (secondary N) is 1. The summed E-state index contributed by atoms with van der Waals surface area (Å²) in [6, 6.07) is 18.8. The van der Waals surface area contributed by atoms with E-state index in [2.05, 4.69) is 77.7 Å². The first kappa shape index (κ1) is 21.6. The number of rotatable bonds is 9. The summed E-state index contributed by atoms with van der Waals surface area (Å²) in [5.41, 5.74) is 6.01. The van der Waals surface area contributed by atoms with Gasteiger partial charge in [0.05, 0.1) is 17.8 Å². The van der Waals surface area contributed by atoms with Gasteiger partial charge in [0.2, 0.25) is 0 Å². The van der Waals surface area contributed by atoms with Gasteiger partial charge >= 0.3 is 0 Å². The Morgan fingerprint density at radius 2 is 1.73 bits per heavy atom. The predicted molar refractivity (Wildman–Crippen MR) is 123 cm³/mol. The molecule has 3 rings (SSSR count). The van der Waals surface area contributed by atoms with Crippen LogP contribution in [0.3, 0.4) is 0 Å². The molecule has 2 aromatic carbocycles. The molecule has 0 bridgehead atoms. The minimum atomic E-state index is -0.0390. The fourth-order valence-electron chi connectivity index (χ4n) is 3.71. The van der Waals surface area contributed by atoms with Crippen molar-refractivity contribution in [2.24, 2.45) is 0 Å². The highest BCUT2D eigenvalue weighted by Gasteiger charge is 2.18. The summed E-state index contributed by atoms with van der Waals surface area (Å²) in [7, 11) is 0. The van der Waals surface area contributed by atoms with E-state index in [0.717, 1.165) is 30.9 Å². The minimum absolute atomic E-state index is 0.0390. The highest BCUT2D eigenvalue weighted by molar-refractivity contribution is 5.96. The van der Waals surface area contributed by atoms with Gasteiger partial charge in [-0.25, -0.2) is 0 Å². The first-order chi connectivity index (χ1) is 14.5. The average Bonchev–Trinajstić information content (AvgIpc) is 3.03. The fraction of sp³-hybridized carbons (Fsp3) is 0.360. The first-order valence-corrected chi connectivity index (χ1v) is 10.7. The molecule has 0 aliphatic rings. The Bertz CT molecular complexity index is 961. The van der Waals surface area contributed by atoms with Gasteiger partial charge in [0.1, 0.15) is 0 Å². The van der Waals surface area contributed by atoms with Crippen molar-refractivity contribution in [3.05, 3.63) is 82.7 Å². The van der Waals surface area contributed by atoms with Crippen molar-refractivity contribution in [3.63, 3.8) is 0 Å². The van der Waals surface area contributed by atoms with Crippen LogP contribution in [0.15, 0.2) is 54.6 Å². The van der Waals surface area contributed by atoms with Crippen molar-refractivity contribution in [1.29, 1.82) is 0 Å². The Morgan fingerprint density at radius 1 is 1.03 bits per heavy atom. The fourth-order valence-corrected chi connectivity index (χ4v) is 3.71. The maximum absolute atomic E-state index is 12.8. The standard InChI is InChI=1S/C25H32N4O/c1-5-28(23-10-7-6-8-11-23)17-9-16-26-25(30)24-20(3)27-29(21(24)4)18-22-14-12-19(2)13-15-22/h6-8,10-15H,5,9,16-18H2,1-4H3,(H,26,30). The summed E-state index contributed by atoms with van der Waals surface area (Å²) in [6.07, 6.45) is 0.893. The van der Waals surface area contributed by atoms with Crippen LogP contribution in [0.2, 0.25) is 0 Å². The van der Waals surface area contributed by atoms with Gasteiger partial charge in [0.15, 0.2) is 0 Å². The Hall–Kier alpha value is -3.08. The first-order valence-electron chi connectivity index (χ1n) is 10.7. The van der Waals surface area contributed by atoms with E-state index in [0.29, 0.717) is 18.7 Å². The van der Waals surface area contributed by atoms with Crippen molar-refractivity contribution in [2.45, 2.75) is 40.7 Å². The molecule has 0 unspecified atom stereocenters. The highest BCUT2D eigenvalue weighted by Crippen LogP contribution is 2.16. The predicted octanol–water partition coefficient (Wildman–Crippen LogP) is 4.50. The molecule has 1 heterocycles. The number of aryl methyl sites for hydroxylation is 2. The lowest BCUT2D eigenvalue weighted by atomic mass is 10.1. The molecule has 1 N–H and O–H groups in total. The smallest absolute Gasteiger partial charge is 0.255 e. The summed E-state index contributed by atoms with van der Waals surface area (Å²) in [5.74, 6) is -0.0390. The second-order valence-corrected chi connectivity index (χ2v) is 7.71. The molecule has 30 heavy (non-hydrogen) atoms. The molecule has 5 nitrogen and oxygen atoms in total. The zero-order valence-corrected chi connectivity index (χ0v) is 18.5. The summed E-state index contributed by atoms with van der Waals surface area (Å²) < 4.78 is 1.92. The second-order valence-electron chi connectivity index (χ2n) is 7.71. The highest BCUT2D eigenvalue weighted by atomic mass is 16.1. The quantitative estimate of drug-likeness (QED) is 0.534. The van der Waals surface area contributed by atoms with Crippen LogP contribution < -0.4 is 10.2 Å². The van der Waals surface area contributed by atoms with Gasteiger partial charge in [0.25, 0.3) is 5.91 Å². The number of benzene rings is 2. The Kier molecular flexibility index (Phi) is 7.28. The number of amides is 1. The van der Waals surface area contributed by atoms with Gasteiger partial charge in [-0.1, -0.05) is 48.0 Å². The molecule has 0 aliphatic heterocycles. The zero-order valence-electron chi connectivity index (χ0n) is 18.5. The van der Waals surface area contributed by atoms with Crippen LogP contribution in [0.4, 0.5) is 5.69 Å². The maximum atomic E-state index is 12.8. The summed E-state index contributed by atoms with van der Waals surface area (Å²) >= 11 is 0. The third-order valence-corrected chi connectivity index (χ3v) is 5.45. The van der Waals surface area contributed by atoms with Gasteiger partial charge < -0.3 is 10.2 Å². The molecule has 1 aromatic heterocycles. The molecule has 158 valence electrons. The molecule has 0 atom stereocenters. The van der Waals surface area contributed by atoms with Gasteiger partial charge in [-0.2, -0.15) is 5.10 Å². The van der Waals surface area contributed by atoms with Crippen molar-refractivity contribution >= 4 is 11.6 Å². The van der Waals surface area contributed by atoms with E-state index in [1.165, 1.54) is 16.8 Å². The van der Waals surface area contributed by atoms with Gasteiger partial charge in [-0.15, -0.1) is 0 Å². The SMILES string of the molecule is CCN(CCCNC(=O)c1c(C)nn(Cc2ccc(C)cc2)c1C)c1ccccc1. The molecular formula is C25H32N4O. The van der Waals surface area contributed by atoms with Crippen LogP contribution in [0.1, 0.15) is 46.2 Å². The van der Waals surface area contributed by atoms with Crippen molar-refractivity contribution in [3.8, 4) is 0 Å². The van der Waals surface area contributed by atoms with E-state index < -0.39 is 0 Å². The number of hydrogen-bond acceptors (Lipinski definition) is 3. The number of anilines is 1. The number of carbonyl (C=O) groups is 1. The topological polar surface area (TPSA) is 50.2 Å². The molecule has 0 radical (unpaired) electrons. The van der Waals surface area contributed by atoms with Crippen molar-refractivity contribution in [1.82, 2.24) is 15.1 Å². The number of carbonyl (C=O) groups excluding carboxylic acids is 1. The molecule has 1 amide bonds. The lowest BCUT2D eigenvalue weighted by molar-refractivity contribution is 0.0952.